The van der Waals surface area contributed by atoms with Gasteiger partial charge in [-0.1, -0.05) is 0 Å². The fourth-order valence-electron chi connectivity index (χ4n) is 1.65. The zero-order valence-electron chi connectivity index (χ0n) is 12.3. The summed E-state index contributed by atoms with van der Waals surface area (Å²) in [5.74, 6) is -1.30. The van der Waals surface area contributed by atoms with Gasteiger partial charge in [0.2, 0.25) is 5.95 Å². The maximum atomic E-state index is 12.2. The number of benzene rings is 1. The van der Waals surface area contributed by atoms with Crippen LogP contribution >= 0.6 is 0 Å². The highest BCUT2D eigenvalue weighted by Gasteiger charge is 2.29. The van der Waals surface area contributed by atoms with Crippen LogP contribution in [0.15, 0.2) is 36.7 Å². The third-order valence-corrected chi connectivity index (χ3v) is 2.67. The maximum Gasteiger partial charge on any atom is 0.422 e. The van der Waals surface area contributed by atoms with Gasteiger partial charge in [-0.25, -0.2) is 9.97 Å². The second-order valence-corrected chi connectivity index (χ2v) is 4.49. The van der Waals surface area contributed by atoms with Crippen LogP contribution in [0.25, 0.3) is 0 Å². The number of nitro groups is 1. The highest BCUT2D eigenvalue weighted by Crippen LogP contribution is 2.25. The number of carbonyl (C=O) groups excluding carboxylic acids is 1. The van der Waals surface area contributed by atoms with Crippen LogP contribution < -0.4 is 15.6 Å². The number of hydrogen-bond acceptors (Lipinski definition) is 7. The molecule has 2 aromatic rings. The first-order valence-corrected chi connectivity index (χ1v) is 6.57. The quantitative estimate of drug-likeness (QED) is 0.600. The number of hydrazine groups is 1. The van der Waals surface area contributed by atoms with E-state index in [1.807, 2.05) is 0 Å². The lowest BCUT2D eigenvalue weighted by atomic mass is 10.1. The number of alkyl halides is 3. The van der Waals surface area contributed by atoms with Crippen LogP contribution in [0.5, 0.6) is 5.75 Å². The smallest absolute Gasteiger partial charge is 0.422 e. The molecule has 1 heterocycles. The van der Waals surface area contributed by atoms with E-state index in [1.54, 1.807) is 0 Å². The van der Waals surface area contributed by atoms with Crippen molar-refractivity contribution in [3.05, 3.63) is 52.3 Å². The number of ether oxygens (including phenoxy) is 1. The Bertz CT molecular complexity index is 770. The van der Waals surface area contributed by atoms with Gasteiger partial charge in [0.25, 0.3) is 11.6 Å². The second-order valence-electron chi connectivity index (χ2n) is 4.49. The Labute approximate surface area is 138 Å². The van der Waals surface area contributed by atoms with E-state index in [4.69, 9.17) is 0 Å². The van der Waals surface area contributed by atoms with Crippen LogP contribution in [0.4, 0.5) is 24.8 Å². The first-order chi connectivity index (χ1) is 11.8. The monoisotopic (exact) mass is 357 g/mol. The molecule has 1 aromatic heterocycles. The van der Waals surface area contributed by atoms with E-state index in [0.29, 0.717) is 0 Å². The molecule has 0 unspecified atom stereocenters. The molecule has 25 heavy (non-hydrogen) atoms. The van der Waals surface area contributed by atoms with Crippen molar-refractivity contribution < 1.29 is 27.6 Å². The summed E-state index contributed by atoms with van der Waals surface area (Å²) in [6, 6.07) is 4.21. The van der Waals surface area contributed by atoms with Crippen molar-refractivity contribution in [3.8, 4) is 5.75 Å². The van der Waals surface area contributed by atoms with Gasteiger partial charge in [-0.3, -0.25) is 25.8 Å². The standard InChI is InChI=1S/C13H10F3N5O4/c14-13(15,16)7-25-8-2-3-10(21(23)24)9(6-8)11(22)19-20-12-17-4-1-5-18-12/h1-6H,7H2,(H,19,22)(H,17,18,20). The van der Waals surface area contributed by atoms with Gasteiger partial charge < -0.3 is 4.74 Å². The predicted molar refractivity (Wildman–Crippen MR) is 77.8 cm³/mol. The average molecular weight is 357 g/mol. The van der Waals surface area contributed by atoms with Gasteiger partial charge in [-0.15, -0.1) is 0 Å². The van der Waals surface area contributed by atoms with Crippen LogP contribution in [0, 0.1) is 10.1 Å². The maximum absolute atomic E-state index is 12.2. The molecular weight excluding hydrogens is 347 g/mol. The number of nitrogens with one attached hydrogen (secondary N) is 2. The van der Waals surface area contributed by atoms with Gasteiger partial charge in [-0.05, 0) is 18.2 Å². The number of halogens is 3. The van der Waals surface area contributed by atoms with Crippen molar-refractivity contribution in [3.63, 3.8) is 0 Å². The number of hydrogen-bond donors (Lipinski definition) is 2. The third kappa shape index (κ3) is 5.30. The van der Waals surface area contributed by atoms with Crippen LogP contribution in [0.1, 0.15) is 10.4 Å². The molecular formula is C13H10F3N5O4. The largest absolute Gasteiger partial charge is 0.484 e. The minimum atomic E-state index is -4.59. The Hall–Kier alpha value is -3.44. The molecule has 132 valence electrons. The summed E-state index contributed by atoms with van der Waals surface area (Å²) >= 11 is 0. The summed E-state index contributed by atoms with van der Waals surface area (Å²) in [5.41, 5.74) is 3.34. The van der Waals surface area contributed by atoms with E-state index in [9.17, 15) is 28.1 Å². The summed E-state index contributed by atoms with van der Waals surface area (Å²) in [6.45, 7) is -1.60. The first kappa shape index (κ1) is 17.9. The summed E-state index contributed by atoms with van der Waals surface area (Å²) in [7, 11) is 0. The lowest BCUT2D eigenvalue weighted by Gasteiger charge is -2.11. The summed E-state index contributed by atoms with van der Waals surface area (Å²) in [4.78, 5) is 29.7. The molecule has 0 saturated heterocycles. The minimum Gasteiger partial charge on any atom is -0.484 e. The van der Waals surface area contributed by atoms with E-state index >= 15 is 0 Å². The van der Waals surface area contributed by atoms with Crippen molar-refractivity contribution >= 4 is 17.5 Å². The second kappa shape index (κ2) is 7.42. The number of rotatable bonds is 6. The summed E-state index contributed by atoms with van der Waals surface area (Å²) in [6.07, 6.45) is -1.82. The zero-order valence-corrected chi connectivity index (χ0v) is 12.3. The van der Waals surface area contributed by atoms with Crippen LogP contribution in [-0.4, -0.2) is 33.6 Å². The molecule has 1 aromatic carbocycles. The van der Waals surface area contributed by atoms with Gasteiger partial charge in [0.05, 0.1) is 4.92 Å². The topological polar surface area (TPSA) is 119 Å². The molecule has 0 aliphatic heterocycles. The van der Waals surface area contributed by atoms with Crippen molar-refractivity contribution in [2.75, 3.05) is 12.0 Å². The third-order valence-electron chi connectivity index (χ3n) is 2.67. The molecule has 0 aliphatic carbocycles. The number of anilines is 1. The predicted octanol–water partition coefficient (Wildman–Crippen LogP) is 2.08. The van der Waals surface area contributed by atoms with Gasteiger partial charge in [0, 0.05) is 18.5 Å². The minimum absolute atomic E-state index is 0.0166. The number of amides is 1. The van der Waals surface area contributed by atoms with E-state index in [2.05, 4.69) is 25.6 Å². The van der Waals surface area contributed by atoms with Gasteiger partial charge in [-0.2, -0.15) is 13.2 Å². The van der Waals surface area contributed by atoms with E-state index < -0.39 is 34.9 Å². The Morgan fingerprint density at radius 3 is 2.56 bits per heavy atom. The van der Waals surface area contributed by atoms with Crippen molar-refractivity contribution in [2.45, 2.75) is 6.18 Å². The van der Waals surface area contributed by atoms with E-state index in [-0.39, 0.29) is 11.7 Å². The normalized spacial score (nSPS) is 10.8. The van der Waals surface area contributed by atoms with Gasteiger partial charge >= 0.3 is 6.18 Å². The number of nitrogens with zero attached hydrogens (tertiary/aromatic N) is 3. The average Bonchev–Trinajstić information content (AvgIpc) is 2.57. The van der Waals surface area contributed by atoms with Crippen LogP contribution in [0.2, 0.25) is 0 Å². The molecule has 0 saturated carbocycles. The molecule has 9 nitrogen and oxygen atoms in total. The highest BCUT2D eigenvalue weighted by atomic mass is 19.4. The molecule has 0 radical (unpaired) electrons. The Balaban J connectivity index is 2.17. The Morgan fingerprint density at radius 2 is 1.96 bits per heavy atom. The highest BCUT2D eigenvalue weighted by molar-refractivity contribution is 5.99. The molecule has 0 atom stereocenters. The fourth-order valence-corrected chi connectivity index (χ4v) is 1.65. The summed E-state index contributed by atoms with van der Waals surface area (Å²) in [5, 5.41) is 11.0. The Morgan fingerprint density at radius 1 is 1.28 bits per heavy atom. The lowest BCUT2D eigenvalue weighted by molar-refractivity contribution is -0.385. The van der Waals surface area contributed by atoms with E-state index in [1.165, 1.54) is 18.5 Å². The van der Waals surface area contributed by atoms with Crippen molar-refractivity contribution in [1.82, 2.24) is 15.4 Å². The first-order valence-electron chi connectivity index (χ1n) is 6.57. The molecule has 2 rings (SSSR count). The molecule has 2 N–H and O–H groups in total. The lowest BCUT2D eigenvalue weighted by Crippen LogP contribution is -2.30. The zero-order chi connectivity index (χ0) is 18.4. The number of aromatic nitrogens is 2. The molecule has 0 aliphatic rings. The molecule has 0 fully saturated rings. The summed E-state index contributed by atoms with van der Waals surface area (Å²) < 4.78 is 41.0. The van der Waals surface area contributed by atoms with Crippen molar-refractivity contribution in [2.24, 2.45) is 0 Å². The number of carbonyl (C=O) groups is 1. The number of nitro benzene ring substituents is 1. The van der Waals surface area contributed by atoms with E-state index in [0.717, 1.165) is 18.2 Å². The van der Waals surface area contributed by atoms with Gasteiger partial charge in [0.1, 0.15) is 11.3 Å². The van der Waals surface area contributed by atoms with Crippen molar-refractivity contribution in [1.29, 1.82) is 0 Å². The van der Waals surface area contributed by atoms with Gasteiger partial charge in [0.15, 0.2) is 6.61 Å². The van der Waals surface area contributed by atoms with Crippen LogP contribution in [-0.2, 0) is 0 Å². The SMILES string of the molecule is O=C(NNc1ncccn1)c1cc(OCC(F)(F)F)ccc1[N+](=O)[O-]. The molecule has 0 bridgehead atoms. The molecule has 12 heteroatoms. The fraction of sp³-hybridized carbons (Fsp3) is 0.154. The molecule has 1 amide bonds. The Kier molecular flexibility index (Phi) is 5.31. The molecule has 0 spiro atoms. The van der Waals surface area contributed by atoms with Crippen LogP contribution in [0.3, 0.4) is 0 Å².